The number of benzene rings is 2. The van der Waals surface area contributed by atoms with Crippen LogP contribution in [0, 0.1) is 5.82 Å². The lowest BCUT2D eigenvalue weighted by molar-refractivity contribution is 0.0619. The summed E-state index contributed by atoms with van der Waals surface area (Å²) in [6, 6.07) is 13.4. The van der Waals surface area contributed by atoms with Gasteiger partial charge in [0.2, 0.25) is 0 Å². The molecule has 0 spiro atoms. The second kappa shape index (κ2) is 5.49. The van der Waals surface area contributed by atoms with Gasteiger partial charge in [0.05, 0.1) is 6.10 Å². The normalized spacial score (nSPS) is 25.7. The van der Waals surface area contributed by atoms with Gasteiger partial charge in [-0.1, -0.05) is 43.2 Å². The highest BCUT2D eigenvalue weighted by atomic mass is 19.1. The van der Waals surface area contributed by atoms with E-state index < -0.39 is 11.5 Å². The zero-order chi connectivity index (χ0) is 14.9. The number of phenolic OH excluding ortho intramolecular Hbond substituents is 1. The van der Waals surface area contributed by atoms with Gasteiger partial charge in [-0.2, -0.15) is 0 Å². The van der Waals surface area contributed by atoms with Crippen LogP contribution in [0.2, 0.25) is 0 Å². The fraction of sp³-hybridized carbons (Fsp3) is 0.333. The molecule has 0 saturated heterocycles. The average Bonchev–Trinajstić information content (AvgIpc) is 2.50. The van der Waals surface area contributed by atoms with Gasteiger partial charge in [-0.25, -0.2) is 4.39 Å². The summed E-state index contributed by atoms with van der Waals surface area (Å²) in [4.78, 5) is 0. The Morgan fingerprint density at radius 2 is 1.71 bits per heavy atom. The van der Waals surface area contributed by atoms with E-state index in [1.54, 1.807) is 36.4 Å². The first-order valence-corrected chi connectivity index (χ1v) is 7.37. The number of rotatable bonds is 2. The van der Waals surface area contributed by atoms with Crippen molar-refractivity contribution >= 4 is 0 Å². The number of aliphatic hydroxyl groups excluding tert-OH is 1. The van der Waals surface area contributed by atoms with Gasteiger partial charge in [-0.05, 0) is 36.6 Å². The third kappa shape index (κ3) is 2.32. The zero-order valence-corrected chi connectivity index (χ0v) is 11.8. The molecular weight excluding hydrogens is 267 g/mol. The molecule has 3 rings (SSSR count). The summed E-state index contributed by atoms with van der Waals surface area (Å²) in [6.07, 6.45) is 2.66. The summed E-state index contributed by atoms with van der Waals surface area (Å²) in [6.45, 7) is 0. The van der Waals surface area contributed by atoms with E-state index in [1.807, 2.05) is 6.07 Å². The molecule has 0 aromatic heterocycles. The molecule has 0 aliphatic heterocycles. The van der Waals surface area contributed by atoms with Crippen molar-refractivity contribution in [3.8, 4) is 5.75 Å². The van der Waals surface area contributed by atoms with Crippen molar-refractivity contribution in [3.05, 3.63) is 65.5 Å². The lowest BCUT2D eigenvalue weighted by atomic mass is 9.63. The van der Waals surface area contributed by atoms with E-state index in [4.69, 9.17) is 0 Å². The maximum absolute atomic E-state index is 14.4. The Labute approximate surface area is 123 Å². The molecule has 0 heterocycles. The summed E-state index contributed by atoms with van der Waals surface area (Å²) in [7, 11) is 0. The second-order valence-corrected chi connectivity index (χ2v) is 5.76. The lowest BCUT2D eigenvalue weighted by Crippen LogP contribution is -2.43. The van der Waals surface area contributed by atoms with Crippen LogP contribution >= 0.6 is 0 Å². The lowest BCUT2D eigenvalue weighted by Gasteiger charge is -2.42. The molecule has 1 aliphatic rings. The predicted octanol–water partition coefficient (Wildman–Crippen LogP) is 3.75. The van der Waals surface area contributed by atoms with Crippen LogP contribution in [0.4, 0.5) is 4.39 Å². The first-order valence-electron chi connectivity index (χ1n) is 7.37. The molecule has 1 fully saturated rings. The molecular formula is C18H19FO2. The minimum atomic E-state index is -0.725. The fourth-order valence-corrected chi connectivity index (χ4v) is 3.54. The predicted molar refractivity (Wildman–Crippen MR) is 79.8 cm³/mol. The molecule has 110 valence electrons. The molecule has 2 nitrogen and oxygen atoms in total. The van der Waals surface area contributed by atoms with E-state index in [2.05, 4.69) is 0 Å². The van der Waals surface area contributed by atoms with Crippen molar-refractivity contribution in [1.82, 2.24) is 0 Å². The molecule has 2 aromatic carbocycles. The van der Waals surface area contributed by atoms with Crippen LogP contribution in [0.5, 0.6) is 5.75 Å². The number of aliphatic hydroxyl groups is 1. The van der Waals surface area contributed by atoms with Gasteiger partial charge in [0.1, 0.15) is 11.6 Å². The molecule has 3 heteroatoms. The Kier molecular flexibility index (Phi) is 3.68. The standard InChI is InChI=1S/C18H19FO2/c19-16-6-2-1-5-15(16)18(12-4-3-7-17(18)21)13-8-10-14(20)11-9-13/h1-2,5-6,8-11,17,20-21H,3-4,7,12H2/t17-,18?/m0/s1. The monoisotopic (exact) mass is 286 g/mol. The van der Waals surface area contributed by atoms with Gasteiger partial charge in [-0.15, -0.1) is 0 Å². The summed E-state index contributed by atoms with van der Waals surface area (Å²) in [5.41, 5.74) is 0.678. The molecule has 2 N–H and O–H groups in total. The van der Waals surface area contributed by atoms with Crippen molar-refractivity contribution in [2.75, 3.05) is 0 Å². The average molecular weight is 286 g/mol. The van der Waals surface area contributed by atoms with Crippen LogP contribution in [0.3, 0.4) is 0 Å². The minimum Gasteiger partial charge on any atom is -0.508 e. The molecule has 1 unspecified atom stereocenters. The van der Waals surface area contributed by atoms with Crippen molar-refractivity contribution in [3.63, 3.8) is 0 Å². The number of phenols is 1. The van der Waals surface area contributed by atoms with Gasteiger partial charge in [0.25, 0.3) is 0 Å². The zero-order valence-electron chi connectivity index (χ0n) is 11.8. The van der Waals surface area contributed by atoms with Crippen LogP contribution in [0.25, 0.3) is 0 Å². The van der Waals surface area contributed by atoms with E-state index in [0.29, 0.717) is 18.4 Å². The summed E-state index contributed by atoms with van der Waals surface area (Å²) in [5, 5.41) is 20.2. The van der Waals surface area contributed by atoms with Crippen molar-refractivity contribution in [2.24, 2.45) is 0 Å². The third-order valence-electron chi connectivity index (χ3n) is 4.60. The van der Waals surface area contributed by atoms with Crippen LogP contribution < -0.4 is 0 Å². The Hall–Kier alpha value is -1.87. The number of halogens is 1. The first-order chi connectivity index (χ1) is 10.1. The highest BCUT2D eigenvalue weighted by Crippen LogP contribution is 2.46. The number of aromatic hydroxyl groups is 1. The maximum atomic E-state index is 14.4. The van der Waals surface area contributed by atoms with Gasteiger partial charge in [-0.3, -0.25) is 0 Å². The van der Waals surface area contributed by atoms with E-state index in [9.17, 15) is 14.6 Å². The third-order valence-corrected chi connectivity index (χ3v) is 4.60. The Bertz CT molecular complexity index is 623. The summed E-state index contributed by atoms with van der Waals surface area (Å²) in [5.74, 6) is -0.112. The number of hydrogen-bond donors (Lipinski definition) is 2. The van der Waals surface area contributed by atoms with Crippen LogP contribution in [0.15, 0.2) is 48.5 Å². The molecule has 0 radical (unpaired) electrons. The van der Waals surface area contributed by atoms with E-state index in [-0.39, 0.29) is 11.6 Å². The van der Waals surface area contributed by atoms with Crippen molar-refractivity contribution < 1.29 is 14.6 Å². The largest absolute Gasteiger partial charge is 0.508 e. The first kappa shape index (κ1) is 14.1. The highest BCUT2D eigenvalue weighted by molar-refractivity contribution is 5.44. The molecule has 2 aromatic rings. The van der Waals surface area contributed by atoms with Crippen LogP contribution in [0.1, 0.15) is 36.8 Å². The SMILES string of the molecule is Oc1ccc(C2(c3ccccc3F)CCCC[C@@H]2O)cc1. The second-order valence-electron chi connectivity index (χ2n) is 5.76. The summed E-state index contributed by atoms with van der Waals surface area (Å²) >= 11 is 0. The van der Waals surface area contributed by atoms with Gasteiger partial charge >= 0.3 is 0 Å². The Morgan fingerprint density at radius 1 is 1.00 bits per heavy atom. The molecule has 0 bridgehead atoms. The van der Waals surface area contributed by atoms with Gasteiger partial charge in [0.15, 0.2) is 0 Å². The van der Waals surface area contributed by atoms with Crippen molar-refractivity contribution in [1.29, 1.82) is 0 Å². The van der Waals surface area contributed by atoms with Crippen LogP contribution in [-0.2, 0) is 5.41 Å². The van der Waals surface area contributed by atoms with E-state index >= 15 is 0 Å². The Balaban J connectivity index is 2.20. The highest BCUT2D eigenvalue weighted by Gasteiger charge is 2.44. The fourth-order valence-electron chi connectivity index (χ4n) is 3.54. The maximum Gasteiger partial charge on any atom is 0.127 e. The molecule has 21 heavy (non-hydrogen) atoms. The minimum absolute atomic E-state index is 0.174. The topological polar surface area (TPSA) is 40.5 Å². The van der Waals surface area contributed by atoms with Gasteiger partial charge in [0, 0.05) is 11.0 Å². The van der Waals surface area contributed by atoms with Crippen molar-refractivity contribution in [2.45, 2.75) is 37.2 Å². The van der Waals surface area contributed by atoms with Crippen LogP contribution in [-0.4, -0.2) is 16.3 Å². The molecule has 1 saturated carbocycles. The molecule has 2 atom stereocenters. The van der Waals surface area contributed by atoms with E-state index in [0.717, 1.165) is 18.4 Å². The number of hydrogen-bond acceptors (Lipinski definition) is 2. The summed E-state index contributed by atoms with van der Waals surface area (Å²) < 4.78 is 14.4. The quantitative estimate of drug-likeness (QED) is 0.882. The smallest absolute Gasteiger partial charge is 0.127 e. The van der Waals surface area contributed by atoms with E-state index in [1.165, 1.54) is 6.07 Å². The molecule has 0 amide bonds. The van der Waals surface area contributed by atoms with Gasteiger partial charge < -0.3 is 10.2 Å². The Morgan fingerprint density at radius 3 is 2.38 bits per heavy atom. The molecule has 1 aliphatic carbocycles.